The van der Waals surface area contributed by atoms with Crippen LogP contribution in [-0.2, 0) is 26.1 Å². The van der Waals surface area contributed by atoms with Gasteiger partial charge in [-0.1, -0.05) is 18.2 Å². The number of carbonyl (C=O) groups is 1. The van der Waals surface area contributed by atoms with Gasteiger partial charge in [0.25, 0.3) is 0 Å². The zero-order valence-electron chi connectivity index (χ0n) is 16.6. The van der Waals surface area contributed by atoms with E-state index in [2.05, 4.69) is 34.1 Å². The molecule has 3 fully saturated rings. The number of H-pyrrole nitrogens is 1. The van der Waals surface area contributed by atoms with Gasteiger partial charge < -0.3 is 14.5 Å². The molecule has 152 valence electrons. The highest BCUT2D eigenvalue weighted by Crippen LogP contribution is 2.55. The number of fused-ring (bicyclic) bond motifs is 4. The summed E-state index contributed by atoms with van der Waals surface area (Å²) < 4.78 is 10.9. The summed E-state index contributed by atoms with van der Waals surface area (Å²) in [5.41, 5.74) is 2.99. The largest absolute Gasteiger partial charge is 0.468 e. The van der Waals surface area contributed by atoms with E-state index in [1.165, 1.54) is 17.4 Å². The summed E-state index contributed by atoms with van der Waals surface area (Å²) in [4.78, 5) is 19.7. The first-order chi connectivity index (χ1) is 13.2. The molecule has 1 aromatic carbocycles. The van der Waals surface area contributed by atoms with Crippen LogP contribution in [0.4, 0.5) is 0 Å². The molecule has 6 heteroatoms. The van der Waals surface area contributed by atoms with E-state index in [9.17, 15) is 4.79 Å². The van der Waals surface area contributed by atoms with Crippen molar-refractivity contribution in [3.63, 3.8) is 0 Å². The first kappa shape index (κ1) is 19.7. The number of halogens is 1. The fourth-order valence-corrected chi connectivity index (χ4v) is 6.42. The zero-order chi connectivity index (χ0) is 18.6. The van der Waals surface area contributed by atoms with Gasteiger partial charge in [-0.3, -0.25) is 9.69 Å². The summed E-state index contributed by atoms with van der Waals surface area (Å²) in [7, 11) is 3.31. The molecule has 4 heterocycles. The zero-order valence-corrected chi connectivity index (χ0v) is 17.4. The van der Waals surface area contributed by atoms with E-state index in [1.807, 2.05) is 0 Å². The average Bonchev–Trinajstić information content (AvgIpc) is 3.04. The van der Waals surface area contributed by atoms with Crippen molar-refractivity contribution in [3.05, 3.63) is 35.5 Å². The van der Waals surface area contributed by atoms with Gasteiger partial charge in [0.2, 0.25) is 0 Å². The Balaban J connectivity index is 0.00000192. The lowest BCUT2D eigenvalue weighted by atomic mass is 9.56. The molecule has 2 saturated heterocycles. The molecule has 28 heavy (non-hydrogen) atoms. The van der Waals surface area contributed by atoms with Crippen molar-refractivity contribution in [3.8, 4) is 0 Å². The molecule has 0 radical (unpaired) electrons. The number of aromatic amines is 1. The van der Waals surface area contributed by atoms with E-state index in [0.29, 0.717) is 11.8 Å². The van der Waals surface area contributed by atoms with Crippen molar-refractivity contribution in [2.75, 3.05) is 33.9 Å². The third-order valence-electron chi connectivity index (χ3n) is 7.24. The van der Waals surface area contributed by atoms with E-state index in [4.69, 9.17) is 9.47 Å². The van der Waals surface area contributed by atoms with Gasteiger partial charge >= 0.3 is 5.97 Å². The predicted molar refractivity (Wildman–Crippen MR) is 111 cm³/mol. The Hall–Kier alpha value is -1.56. The molecule has 1 unspecified atom stereocenters. The van der Waals surface area contributed by atoms with Crippen molar-refractivity contribution in [1.29, 1.82) is 0 Å². The maximum Gasteiger partial charge on any atom is 0.319 e. The van der Waals surface area contributed by atoms with Crippen LogP contribution in [0.15, 0.2) is 24.3 Å². The lowest BCUT2D eigenvalue weighted by Gasteiger charge is -2.58. The summed E-state index contributed by atoms with van der Waals surface area (Å²) >= 11 is 0. The van der Waals surface area contributed by atoms with E-state index >= 15 is 0 Å². The topological polar surface area (TPSA) is 54.6 Å². The van der Waals surface area contributed by atoms with Gasteiger partial charge in [0, 0.05) is 49.4 Å². The fraction of sp³-hybridized carbons (Fsp3) is 0.591. The van der Waals surface area contributed by atoms with Gasteiger partial charge in [0.05, 0.1) is 7.11 Å². The molecular formula is C22H29ClN2O3. The molecule has 0 amide bonds. The lowest BCUT2D eigenvalue weighted by Crippen LogP contribution is -2.67. The highest BCUT2D eigenvalue weighted by molar-refractivity contribution is 5.91. The van der Waals surface area contributed by atoms with Crippen molar-refractivity contribution in [2.45, 2.75) is 37.1 Å². The van der Waals surface area contributed by atoms with Crippen molar-refractivity contribution < 1.29 is 14.3 Å². The number of hydrogen-bond acceptors (Lipinski definition) is 4. The van der Waals surface area contributed by atoms with E-state index < -0.39 is 5.41 Å². The van der Waals surface area contributed by atoms with Crippen LogP contribution >= 0.6 is 12.4 Å². The minimum atomic E-state index is -0.584. The molecule has 4 bridgehead atoms. The second-order valence-electron chi connectivity index (χ2n) is 8.52. The minimum Gasteiger partial charge on any atom is -0.468 e. The SMILES string of the molecule is COCC[C@H]1C[C@H]2CN3CCc4c([nH]c5ccccc45)[C@](C(=O)OC)(C2)[C@H]13.Cl. The Morgan fingerprint density at radius 3 is 2.93 bits per heavy atom. The highest BCUT2D eigenvalue weighted by atomic mass is 35.5. The predicted octanol–water partition coefficient (Wildman–Crippen LogP) is 3.30. The Morgan fingerprint density at radius 1 is 1.32 bits per heavy atom. The number of ether oxygens (including phenoxy) is 2. The second-order valence-corrected chi connectivity index (χ2v) is 8.52. The Morgan fingerprint density at radius 2 is 2.14 bits per heavy atom. The summed E-state index contributed by atoms with van der Waals surface area (Å²) in [5.74, 6) is 0.932. The molecule has 2 aromatic rings. The van der Waals surface area contributed by atoms with Crippen LogP contribution in [0.2, 0.25) is 0 Å². The minimum absolute atomic E-state index is 0. The monoisotopic (exact) mass is 404 g/mol. The van der Waals surface area contributed by atoms with E-state index in [0.717, 1.165) is 50.2 Å². The van der Waals surface area contributed by atoms with Crippen molar-refractivity contribution in [1.82, 2.24) is 9.88 Å². The molecule has 1 aliphatic carbocycles. The smallest absolute Gasteiger partial charge is 0.319 e. The fourth-order valence-electron chi connectivity index (χ4n) is 6.42. The number of piperidine rings is 2. The summed E-state index contributed by atoms with van der Waals surface area (Å²) in [6.07, 6.45) is 4.07. The van der Waals surface area contributed by atoms with Gasteiger partial charge in [0.15, 0.2) is 0 Å². The third-order valence-corrected chi connectivity index (χ3v) is 7.24. The lowest BCUT2D eigenvalue weighted by molar-refractivity contribution is -0.162. The maximum atomic E-state index is 13.4. The number of aromatic nitrogens is 1. The number of rotatable bonds is 4. The summed E-state index contributed by atoms with van der Waals surface area (Å²) in [5, 5.41) is 1.26. The van der Waals surface area contributed by atoms with E-state index in [-0.39, 0.29) is 24.4 Å². The molecule has 0 spiro atoms. The first-order valence-electron chi connectivity index (χ1n) is 10.1. The maximum absolute atomic E-state index is 13.4. The van der Waals surface area contributed by atoms with Crippen LogP contribution in [-0.4, -0.2) is 55.8 Å². The number of nitrogens with zero attached hydrogens (tertiary/aromatic N) is 1. The molecule has 5 nitrogen and oxygen atoms in total. The van der Waals surface area contributed by atoms with Crippen LogP contribution in [0.3, 0.4) is 0 Å². The van der Waals surface area contributed by atoms with E-state index in [1.54, 1.807) is 14.2 Å². The molecule has 1 N–H and O–H groups in total. The molecular weight excluding hydrogens is 376 g/mol. The number of methoxy groups -OCH3 is 2. The van der Waals surface area contributed by atoms with Gasteiger partial charge in [-0.05, 0) is 49.1 Å². The Labute approximate surface area is 172 Å². The molecule has 1 aromatic heterocycles. The number of hydrogen-bond donors (Lipinski definition) is 1. The molecule has 5 atom stereocenters. The number of benzene rings is 1. The van der Waals surface area contributed by atoms with Gasteiger partial charge in [-0.25, -0.2) is 0 Å². The van der Waals surface area contributed by atoms with Crippen LogP contribution in [0.25, 0.3) is 10.9 Å². The first-order valence-corrected chi connectivity index (χ1v) is 10.1. The molecule has 4 aliphatic rings. The standard InChI is InChI=1S/C22H28N2O3.ClH/c1-26-10-8-15-11-14-12-22(21(25)27-2)19-17(7-9-24(13-14)20(15)22)16-5-3-4-6-18(16)23-19;/h3-6,14-15,20,23H,7-13H2,1-2H3;1H/t14-,15+,20+,22-;/m1./s1. The normalized spacial score (nSPS) is 33.1. The summed E-state index contributed by atoms with van der Waals surface area (Å²) in [6.45, 7) is 2.87. The third kappa shape index (κ3) is 2.63. The van der Waals surface area contributed by atoms with Crippen LogP contribution in [0, 0.1) is 11.8 Å². The highest BCUT2D eigenvalue weighted by Gasteiger charge is 2.62. The Bertz CT molecular complexity index is 882. The van der Waals surface area contributed by atoms with Crippen molar-refractivity contribution in [2.24, 2.45) is 11.8 Å². The van der Waals surface area contributed by atoms with Crippen LogP contribution < -0.4 is 0 Å². The number of carbonyl (C=O) groups excluding carboxylic acids is 1. The Kier molecular flexibility index (Phi) is 5.19. The molecule has 1 saturated carbocycles. The number of nitrogens with one attached hydrogen (secondary N) is 1. The van der Waals surface area contributed by atoms with Crippen LogP contribution in [0.1, 0.15) is 30.5 Å². The van der Waals surface area contributed by atoms with Gasteiger partial charge in [-0.2, -0.15) is 0 Å². The second kappa shape index (κ2) is 7.36. The average molecular weight is 405 g/mol. The summed E-state index contributed by atoms with van der Waals surface area (Å²) in [6, 6.07) is 8.65. The molecule has 6 rings (SSSR count). The quantitative estimate of drug-likeness (QED) is 0.794. The van der Waals surface area contributed by atoms with Crippen LogP contribution in [0.5, 0.6) is 0 Å². The molecule has 3 aliphatic heterocycles. The van der Waals surface area contributed by atoms with Crippen molar-refractivity contribution >= 4 is 29.3 Å². The number of para-hydroxylation sites is 1. The number of esters is 1. The van der Waals surface area contributed by atoms with Gasteiger partial charge in [-0.15, -0.1) is 12.4 Å². The van der Waals surface area contributed by atoms with Gasteiger partial charge in [0.1, 0.15) is 5.41 Å².